The first kappa shape index (κ1) is 19.2. The molecule has 4 heterocycles. The first-order valence-electron chi connectivity index (χ1n) is 8.94. The Labute approximate surface area is 170 Å². The number of aliphatic hydroxyl groups is 1. The number of nitrogens with zero attached hydrogens (tertiary/aromatic N) is 3. The van der Waals surface area contributed by atoms with Gasteiger partial charge in [0.05, 0.1) is 22.9 Å². The molecule has 1 fully saturated rings. The van der Waals surface area contributed by atoms with Crippen molar-refractivity contribution in [2.75, 3.05) is 12.9 Å². The number of thioether (sulfide) groups is 1. The molecular formula is C19H21N3O4S2. The van der Waals surface area contributed by atoms with Crippen molar-refractivity contribution in [1.82, 2.24) is 14.3 Å². The van der Waals surface area contributed by atoms with Gasteiger partial charge in [0.15, 0.2) is 0 Å². The van der Waals surface area contributed by atoms with Crippen LogP contribution in [0, 0.1) is 11.8 Å². The van der Waals surface area contributed by atoms with Crippen LogP contribution in [0.4, 0.5) is 0 Å². The Kier molecular flexibility index (Phi) is 4.84. The molecule has 148 valence electrons. The lowest BCUT2D eigenvalue weighted by molar-refractivity contribution is -0.164. The quantitative estimate of drug-likeness (QED) is 0.335. The van der Waals surface area contributed by atoms with Crippen molar-refractivity contribution in [2.45, 2.75) is 31.0 Å². The second-order valence-corrected chi connectivity index (χ2v) is 8.79. The monoisotopic (exact) mass is 419 g/mol. The van der Waals surface area contributed by atoms with Crippen LogP contribution >= 0.6 is 23.1 Å². The summed E-state index contributed by atoms with van der Waals surface area (Å²) in [7, 11) is 0. The largest absolute Gasteiger partial charge is 0.457 e. The van der Waals surface area contributed by atoms with Crippen molar-refractivity contribution in [3.05, 3.63) is 35.8 Å². The van der Waals surface area contributed by atoms with Gasteiger partial charge in [0.1, 0.15) is 28.5 Å². The Morgan fingerprint density at radius 1 is 1.57 bits per heavy atom. The van der Waals surface area contributed by atoms with E-state index >= 15 is 0 Å². The predicted molar refractivity (Wildman–Crippen MR) is 108 cm³/mol. The van der Waals surface area contributed by atoms with E-state index in [1.54, 1.807) is 25.0 Å². The minimum atomic E-state index is -0.771. The van der Waals surface area contributed by atoms with Gasteiger partial charge in [-0.25, -0.2) is 9.78 Å². The third-order valence-corrected chi connectivity index (χ3v) is 7.29. The zero-order chi connectivity index (χ0) is 20.2. The highest BCUT2D eigenvalue weighted by molar-refractivity contribution is 7.98. The fraction of sp³-hybridized carbons (Fsp3) is 0.421. The first-order chi connectivity index (χ1) is 13.4. The second-order valence-electron chi connectivity index (χ2n) is 6.96. The van der Waals surface area contributed by atoms with Crippen molar-refractivity contribution in [1.29, 1.82) is 0 Å². The van der Waals surface area contributed by atoms with E-state index in [9.17, 15) is 14.7 Å². The molecule has 0 saturated carbocycles. The predicted octanol–water partition coefficient (Wildman–Crippen LogP) is 2.42. The van der Waals surface area contributed by atoms with Crippen LogP contribution in [-0.2, 0) is 14.3 Å². The van der Waals surface area contributed by atoms with Gasteiger partial charge >= 0.3 is 5.97 Å². The molecule has 2 aromatic rings. The number of hydrogen-bond acceptors (Lipinski definition) is 7. The number of rotatable bonds is 6. The molecule has 28 heavy (non-hydrogen) atoms. The number of thiazole rings is 1. The topological polar surface area (TPSA) is 84.1 Å². The molecule has 2 aromatic heterocycles. The van der Waals surface area contributed by atoms with Gasteiger partial charge < -0.3 is 14.7 Å². The number of fused-ring (bicyclic) bond motifs is 2. The van der Waals surface area contributed by atoms with E-state index in [1.807, 2.05) is 23.8 Å². The highest BCUT2D eigenvalue weighted by Gasteiger charge is 2.60. The SMILES string of the molecule is C=CCOC(=O)C1=C(c2cn3cnc(SC)c3s2)[C@H](C)[C@H]2[C@@H]([C@@H](C)O)C(=O)N12. The number of hydrogen-bond donors (Lipinski definition) is 1. The van der Waals surface area contributed by atoms with E-state index in [-0.39, 0.29) is 30.2 Å². The lowest BCUT2D eigenvalue weighted by Gasteiger charge is -2.46. The molecular weight excluding hydrogens is 398 g/mol. The Bertz CT molecular complexity index is 1010. The van der Waals surface area contributed by atoms with Gasteiger partial charge in [-0.05, 0) is 13.2 Å². The lowest BCUT2D eigenvalue weighted by Crippen LogP contribution is -2.63. The van der Waals surface area contributed by atoms with E-state index in [0.29, 0.717) is 0 Å². The number of esters is 1. The molecule has 0 bridgehead atoms. The van der Waals surface area contributed by atoms with Gasteiger partial charge in [0.25, 0.3) is 0 Å². The van der Waals surface area contributed by atoms with Crippen LogP contribution in [-0.4, -0.2) is 56.3 Å². The van der Waals surface area contributed by atoms with Crippen molar-refractivity contribution in [2.24, 2.45) is 11.8 Å². The Morgan fingerprint density at radius 3 is 2.96 bits per heavy atom. The number of amides is 1. The summed E-state index contributed by atoms with van der Waals surface area (Å²) in [6.45, 7) is 7.25. The van der Waals surface area contributed by atoms with Crippen LogP contribution in [0.5, 0.6) is 0 Å². The van der Waals surface area contributed by atoms with Gasteiger partial charge in [0, 0.05) is 17.7 Å². The maximum Gasteiger partial charge on any atom is 0.355 e. The molecule has 0 aliphatic carbocycles. The van der Waals surface area contributed by atoms with Crippen molar-refractivity contribution in [3.63, 3.8) is 0 Å². The summed E-state index contributed by atoms with van der Waals surface area (Å²) >= 11 is 3.10. The summed E-state index contributed by atoms with van der Waals surface area (Å²) in [5.74, 6) is -1.38. The number of aromatic nitrogens is 2. The number of carbonyl (C=O) groups is 2. The minimum absolute atomic E-state index is 0.0727. The highest BCUT2D eigenvalue weighted by atomic mass is 32.2. The van der Waals surface area contributed by atoms with Crippen LogP contribution in [0.25, 0.3) is 10.4 Å². The van der Waals surface area contributed by atoms with Crippen LogP contribution in [0.1, 0.15) is 18.7 Å². The van der Waals surface area contributed by atoms with Crippen LogP contribution in [0.2, 0.25) is 0 Å². The molecule has 0 unspecified atom stereocenters. The van der Waals surface area contributed by atoms with Gasteiger partial charge in [-0.3, -0.25) is 9.20 Å². The summed E-state index contributed by atoms with van der Waals surface area (Å²) in [4.78, 5) is 33.3. The summed E-state index contributed by atoms with van der Waals surface area (Å²) in [6.07, 6.45) is 6.38. The fourth-order valence-electron chi connectivity index (χ4n) is 4.13. The third-order valence-electron chi connectivity index (χ3n) is 5.34. The Morgan fingerprint density at radius 2 is 2.32 bits per heavy atom. The molecule has 4 atom stereocenters. The van der Waals surface area contributed by atoms with Crippen LogP contribution in [0.15, 0.2) is 35.9 Å². The molecule has 1 amide bonds. The second kappa shape index (κ2) is 7.06. The van der Waals surface area contributed by atoms with E-state index < -0.39 is 18.0 Å². The van der Waals surface area contributed by atoms with E-state index in [0.717, 1.165) is 20.3 Å². The average molecular weight is 420 g/mol. The molecule has 2 aliphatic rings. The molecule has 0 aromatic carbocycles. The molecule has 7 nitrogen and oxygen atoms in total. The van der Waals surface area contributed by atoms with Crippen molar-refractivity contribution in [3.8, 4) is 0 Å². The zero-order valence-corrected chi connectivity index (χ0v) is 17.4. The standard InChI is InChI=1S/C19H21N3O4S2/c1-5-6-26-19(25)15-12(9(2)14-13(10(3)23)17(24)22(14)15)11-7-21-8-20-16(27-4)18(21)28-11/h5,7-10,13-14,23H,1,6H2,2-4H3/t9-,10+,13+,14-/m0/s1. The molecule has 4 rings (SSSR count). The Hall–Kier alpha value is -2.10. The normalized spacial score (nSPS) is 25.1. The number of carbonyl (C=O) groups excluding carboxylic acids is 2. The van der Waals surface area contributed by atoms with Crippen LogP contribution in [0.3, 0.4) is 0 Å². The highest BCUT2D eigenvalue weighted by Crippen LogP contribution is 2.51. The third kappa shape index (κ3) is 2.64. The number of β-lactam (4-membered cyclic amide) rings is 1. The van der Waals surface area contributed by atoms with Gasteiger partial charge in [-0.1, -0.05) is 19.6 Å². The number of ether oxygens (including phenoxy) is 1. The maximum atomic E-state index is 12.8. The van der Waals surface area contributed by atoms with E-state index in [2.05, 4.69) is 11.6 Å². The zero-order valence-electron chi connectivity index (χ0n) is 15.8. The minimum Gasteiger partial charge on any atom is -0.457 e. The molecule has 1 N–H and O–H groups in total. The van der Waals surface area contributed by atoms with Gasteiger partial charge in [-0.15, -0.1) is 23.1 Å². The average Bonchev–Trinajstić information content (AvgIpc) is 3.28. The van der Waals surface area contributed by atoms with Gasteiger partial charge in [-0.2, -0.15) is 0 Å². The van der Waals surface area contributed by atoms with E-state index in [1.165, 1.54) is 22.3 Å². The smallest absolute Gasteiger partial charge is 0.355 e. The summed E-state index contributed by atoms with van der Waals surface area (Å²) in [6, 6.07) is -0.242. The summed E-state index contributed by atoms with van der Waals surface area (Å²) < 4.78 is 7.21. The van der Waals surface area contributed by atoms with Gasteiger partial charge in [0.2, 0.25) is 5.91 Å². The van der Waals surface area contributed by atoms with Crippen LogP contribution < -0.4 is 0 Å². The van der Waals surface area contributed by atoms with E-state index in [4.69, 9.17) is 4.74 Å². The summed E-state index contributed by atoms with van der Waals surface area (Å²) in [5.41, 5.74) is 1.07. The number of imidazole rings is 1. The molecule has 0 radical (unpaired) electrons. The summed E-state index contributed by atoms with van der Waals surface area (Å²) in [5, 5.41) is 11.0. The molecule has 0 spiro atoms. The van der Waals surface area contributed by atoms with Crippen molar-refractivity contribution < 1.29 is 19.4 Å². The number of aliphatic hydroxyl groups excluding tert-OH is 1. The maximum absolute atomic E-state index is 12.8. The molecule has 9 heteroatoms. The fourth-order valence-corrected chi connectivity index (χ4v) is 6.05. The lowest BCUT2D eigenvalue weighted by atomic mass is 9.77. The Balaban J connectivity index is 1.83. The first-order valence-corrected chi connectivity index (χ1v) is 11.0. The molecule has 1 saturated heterocycles. The van der Waals surface area contributed by atoms with Crippen molar-refractivity contribution >= 4 is 45.4 Å². The molecule has 2 aliphatic heterocycles.